The van der Waals surface area contributed by atoms with E-state index in [1.807, 2.05) is 17.4 Å². The maximum atomic E-state index is 5.78. The Bertz CT molecular complexity index is 587. The zero-order valence-corrected chi connectivity index (χ0v) is 17.2. The number of nitrogens with zero attached hydrogens (tertiary/aromatic N) is 2. The molecule has 1 unspecified atom stereocenters. The van der Waals surface area contributed by atoms with Gasteiger partial charge in [0.25, 0.3) is 0 Å². The topological polar surface area (TPSA) is 49.3 Å². The second-order valence-electron chi connectivity index (χ2n) is 5.18. The molecule has 0 spiro atoms. The Morgan fingerprint density at radius 1 is 1.35 bits per heavy atom. The summed E-state index contributed by atoms with van der Waals surface area (Å²) in [7, 11) is 1.78. The maximum Gasteiger partial charge on any atom is 0.191 e. The lowest BCUT2D eigenvalue weighted by Crippen LogP contribution is -2.39. The van der Waals surface area contributed by atoms with Gasteiger partial charge in [-0.05, 0) is 35.4 Å². The lowest BCUT2D eigenvalue weighted by atomic mass is 10.1. The molecular formula is C16H22ClIN4S. The number of pyridine rings is 1. The normalized spacial score (nSPS) is 12.4. The Hall–Kier alpha value is -0.860. The Balaban J connectivity index is 0.00000264. The number of hydrogen-bond donors (Lipinski definition) is 2. The highest BCUT2D eigenvalue weighted by molar-refractivity contribution is 14.0. The number of halogens is 2. The predicted molar refractivity (Wildman–Crippen MR) is 110 cm³/mol. The Labute approximate surface area is 163 Å². The second-order valence-corrected chi connectivity index (χ2v) is 6.60. The molecule has 2 heterocycles. The number of nitrogens with one attached hydrogen (secondary N) is 2. The van der Waals surface area contributed by atoms with Crippen LogP contribution in [0.1, 0.15) is 17.4 Å². The van der Waals surface area contributed by atoms with Gasteiger partial charge >= 0.3 is 0 Å². The van der Waals surface area contributed by atoms with Gasteiger partial charge in [0, 0.05) is 31.2 Å². The lowest BCUT2D eigenvalue weighted by Gasteiger charge is -2.15. The van der Waals surface area contributed by atoms with Crippen molar-refractivity contribution in [2.24, 2.45) is 10.9 Å². The standard InChI is InChI=1S/C16H21ClN4S.HI/c1-12(8-14-4-3-7-22-14)9-20-16(18-2)21-11-13-5-6-15(17)19-10-13;/h3-7,10,12H,8-9,11H2,1-2H3,(H2,18,20,21);1H. The van der Waals surface area contributed by atoms with Crippen molar-refractivity contribution in [2.45, 2.75) is 19.9 Å². The van der Waals surface area contributed by atoms with Crippen LogP contribution < -0.4 is 10.6 Å². The molecule has 0 amide bonds. The first-order valence-electron chi connectivity index (χ1n) is 7.24. The van der Waals surface area contributed by atoms with E-state index in [9.17, 15) is 0 Å². The summed E-state index contributed by atoms with van der Waals surface area (Å²) in [6.07, 6.45) is 2.85. The van der Waals surface area contributed by atoms with Gasteiger partial charge in [0.1, 0.15) is 5.15 Å². The Morgan fingerprint density at radius 3 is 2.78 bits per heavy atom. The van der Waals surface area contributed by atoms with Gasteiger partial charge in [0.05, 0.1) is 0 Å². The molecule has 2 N–H and O–H groups in total. The van der Waals surface area contributed by atoms with Crippen LogP contribution in [0.2, 0.25) is 5.15 Å². The van der Waals surface area contributed by atoms with Crippen molar-refractivity contribution in [3.63, 3.8) is 0 Å². The average molecular weight is 465 g/mol. The molecule has 23 heavy (non-hydrogen) atoms. The molecule has 0 saturated heterocycles. The first-order valence-corrected chi connectivity index (χ1v) is 8.50. The molecular weight excluding hydrogens is 443 g/mol. The van der Waals surface area contributed by atoms with E-state index in [1.165, 1.54) is 4.88 Å². The van der Waals surface area contributed by atoms with Gasteiger partial charge in [-0.1, -0.05) is 30.7 Å². The number of guanidine groups is 1. The van der Waals surface area contributed by atoms with Crippen LogP contribution in [0, 0.1) is 5.92 Å². The summed E-state index contributed by atoms with van der Waals surface area (Å²) in [6, 6.07) is 8.02. The van der Waals surface area contributed by atoms with Crippen molar-refractivity contribution < 1.29 is 0 Å². The number of aliphatic imine (C=N–C) groups is 1. The summed E-state index contributed by atoms with van der Waals surface area (Å²) in [5.74, 6) is 1.35. The van der Waals surface area contributed by atoms with E-state index in [2.05, 4.69) is 45.0 Å². The van der Waals surface area contributed by atoms with Crippen molar-refractivity contribution >= 4 is 52.9 Å². The largest absolute Gasteiger partial charge is 0.356 e. The molecule has 0 aliphatic carbocycles. The predicted octanol–water partition coefficient (Wildman–Crippen LogP) is 3.96. The van der Waals surface area contributed by atoms with Crippen LogP contribution in [0.25, 0.3) is 0 Å². The number of hydrogen-bond acceptors (Lipinski definition) is 3. The second kappa shape index (κ2) is 10.8. The Kier molecular flexibility index (Phi) is 9.50. The van der Waals surface area contributed by atoms with Crippen LogP contribution in [0.5, 0.6) is 0 Å². The molecule has 1 atom stereocenters. The summed E-state index contributed by atoms with van der Waals surface area (Å²) in [4.78, 5) is 9.73. The first kappa shape index (κ1) is 20.2. The third-order valence-corrected chi connectivity index (χ3v) is 4.34. The molecule has 0 saturated carbocycles. The molecule has 0 bridgehead atoms. The fourth-order valence-corrected chi connectivity index (χ4v) is 3.01. The first-order chi connectivity index (χ1) is 10.7. The quantitative estimate of drug-likeness (QED) is 0.294. The van der Waals surface area contributed by atoms with E-state index >= 15 is 0 Å². The van der Waals surface area contributed by atoms with Crippen LogP contribution in [0.4, 0.5) is 0 Å². The minimum Gasteiger partial charge on any atom is -0.356 e. The van der Waals surface area contributed by atoms with Gasteiger partial charge in [-0.2, -0.15) is 0 Å². The van der Waals surface area contributed by atoms with E-state index < -0.39 is 0 Å². The van der Waals surface area contributed by atoms with Gasteiger partial charge < -0.3 is 10.6 Å². The van der Waals surface area contributed by atoms with Crippen LogP contribution >= 0.6 is 46.9 Å². The van der Waals surface area contributed by atoms with Gasteiger partial charge in [0.2, 0.25) is 0 Å². The third kappa shape index (κ3) is 7.50. The highest BCUT2D eigenvalue weighted by atomic mass is 127. The van der Waals surface area contributed by atoms with Crippen molar-refractivity contribution in [2.75, 3.05) is 13.6 Å². The molecule has 0 aliphatic rings. The van der Waals surface area contributed by atoms with Gasteiger partial charge in [-0.3, -0.25) is 4.99 Å². The molecule has 2 aromatic rings. The van der Waals surface area contributed by atoms with E-state index in [-0.39, 0.29) is 24.0 Å². The SMILES string of the molecule is CN=C(NCc1ccc(Cl)nc1)NCC(C)Cc1cccs1.I. The van der Waals surface area contributed by atoms with E-state index in [1.54, 1.807) is 19.3 Å². The van der Waals surface area contributed by atoms with Crippen molar-refractivity contribution in [3.05, 3.63) is 51.4 Å². The minimum atomic E-state index is 0. The number of thiophene rings is 1. The minimum absolute atomic E-state index is 0. The number of rotatable bonds is 6. The van der Waals surface area contributed by atoms with Crippen LogP contribution in [-0.2, 0) is 13.0 Å². The molecule has 0 aliphatic heterocycles. The monoisotopic (exact) mass is 464 g/mol. The van der Waals surface area contributed by atoms with Crippen molar-refractivity contribution in [1.82, 2.24) is 15.6 Å². The van der Waals surface area contributed by atoms with E-state index in [4.69, 9.17) is 11.6 Å². The zero-order chi connectivity index (χ0) is 15.8. The highest BCUT2D eigenvalue weighted by Crippen LogP contribution is 2.13. The van der Waals surface area contributed by atoms with Crippen LogP contribution in [0.15, 0.2) is 40.8 Å². The van der Waals surface area contributed by atoms with Crippen molar-refractivity contribution in [1.29, 1.82) is 0 Å². The average Bonchev–Trinajstić information content (AvgIpc) is 3.02. The third-order valence-electron chi connectivity index (χ3n) is 3.22. The molecule has 0 aromatic carbocycles. The fraction of sp³-hybridized carbons (Fsp3) is 0.375. The molecule has 7 heteroatoms. The summed E-state index contributed by atoms with van der Waals surface area (Å²) in [6.45, 7) is 3.79. The highest BCUT2D eigenvalue weighted by Gasteiger charge is 2.06. The molecule has 4 nitrogen and oxygen atoms in total. The van der Waals surface area contributed by atoms with Crippen molar-refractivity contribution in [3.8, 4) is 0 Å². The van der Waals surface area contributed by atoms with Gasteiger partial charge in [-0.25, -0.2) is 4.98 Å². The van der Waals surface area contributed by atoms with Gasteiger partial charge in [0.15, 0.2) is 5.96 Å². The molecule has 0 fully saturated rings. The van der Waals surface area contributed by atoms with Gasteiger partial charge in [-0.15, -0.1) is 35.3 Å². The Morgan fingerprint density at radius 2 is 2.17 bits per heavy atom. The zero-order valence-electron chi connectivity index (χ0n) is 13.3. The van der Waals surface area contributed by atoms with E-state index in [0.717, 1.165) is 24.5 Å². The summed E-state index contributed by atoms with van der Waals surface area (Å²) < 4.78 is 0. The molecule has 2 rings (SSSR count). The van der Waals surface area contributed by atoms with E-state index in [0.29, 0.717) is 17.6 Å². The van der Waals surface area contributed by atoms with Crippen LogP contribution in [-0.4, -0.2) is 24.5 Å². The van der Waals surface area contributed by atoms with Crippen LogP contribution in [0.3, 0.4) is 0 Å². The summed E-state index contributed by atoms with van der Waals surface area (Å²) >= 11 is 7.59. The smallest absolute Gasteiger partial charge is 0.191 e. The molecule has 0 radical (unpaired) electrons. The summed E-state index contributed by atoms with van der Waals surface area (Å²) in [5.41, 5.74) is 1.07. The lowest BCUT2D eigenvalue weighted by molar-refractivity contribution is 0.562. The molecule has 2 aromatic heterocycles. The molecule has 126 valence electrons. The maximum absolute atomic E-state index is 5.78. The fourth-order valence-electron chi connectivity index (χ4n) is 2.03. The number of aromatic nitrogens is 1. The summed E-state index contributed by atoms with van der Waals surface area (Å²) in [5, 5.41) is 9.27.